The summed E-state index contributed by atoms with van der Waals surface area (Å²) in [5, 5.41) is 7.77. The Kier molecular flexibility index (Phi) is 4.87. The summed E-state index contributed by atoms with van der Waals surface area (Å²) in [5.74, 6) is 0.132. The fourth-order valence-electron chi connectivity index (χ4n) is 3.69. The van der Waals surface area contributed by atoms with Gasteiger partial charge in [0.2, 0.25) is 0 Å². The predicted molar refractivity (Wildman–Crippen MR) is 93.8 cm³/mol. The van der Waals surface area contributed by atoms with Crippen molar-refractivity contribution in [2.45, 2.75) is 38.3 Å². The lowest BCUT2D eigenvalue weighted by Gasteiger charge is -2.24. The van der Waals surface area contributed by atoms with Gasteiger partial charge in [-0.05, 0) is 49.9 Å². The highest BCUT2D eigenvalue weighted by atomic mass is 35.5. The first-order valence-electron chi connectivity index (χ1n) is 8.21. The summed E-state index contributed by atoms with van der Waals surface area (Å²) in [6, 6.07) is 6.84. The minimum absolute atomic E-state index is 0. The molecule has 7 heteroatoms. The molecule has 24 heavy (non-hydrogen) atoms. The van der Waals surface area contributed by atoms with Gasteiger partial charge in [0.25, 0.3) is 5.91 Å². The third kappa shape index (κ3) is 3.16. The van der Waals surface area contributed by atoms with Crippen LogP contribution in [-0.2, 0) is 0 Å². The maximum absolute atomic E-state index is 12.8. The van der Waals surface area contributed by atoms with E-state index in [-0.39, 0.29) is 18.3 Å². The number of hydrogen-bond donors (Lipinski definition) is 1. The van der Waals surface area contributed by atoms with Crippen molar-refractivity contribution in [3.63, 3.8) is 0 Å². The quantitative estimate of drug-likeness (QED) is 0.902. The molecule has 128 valence electrons. The van der Waals surface area contributed by atoms with Crippen molar-refractivity contribution in [1.82, 2.24) is 25.0 Å². The molecule has 2 aliphatic rings. The van der Waals surface area contributed by atoms with E-state index >= 15 is 0 Å². The number of nitrogens with zero attached hydrogens (tertiary/aromatic N) is 4. The summed E-state index contributed by atoms with van der Waals surface area (Å²) in [5.41, 5.74) is 2.73. The molecule has 2 bridgehead atoms. The Morgan fingerprint density at radius 3 is 2.83 bits per heavy atom. The van der Waals surface area contributed by atoms with Crippen molar-refractivity contribution in [1.29, 1.82) is 0 Å². The molecule has 2 fully saturated rings. The molecule has 2 aliphatic heterocycles. The van der Waals surface area contributed by atoms with E-state index in [0.29, 0.717) is 12.1 Å². The van der Waals surface area contributed by atoms with Crippen LogP contribution in [0.3, 0.4) is 0 Å². The van der Waals surface area contributed by atoms with Crippen LogP contribution < -0.4 is 5.32 Å². The molecule has 4 rings (SSSR count). The van der Waals surface area contributed by atoms with Crippen LogP contribution in [0, 0.1) is 6.92 Å². The maximum atomic E-state index is 12.8. The van der Waals surface area contributed by atoms with Crippen LogP contribution in [0.15, 0.2) is 30.9 Å². The van der Waals surface area contributed by atoms with Gasteiger partial charge < -0.3 is 10.2 Å². The molecule has 1 N–H and O–H groups in total. The van der Waals surface area contributed by atoms with Crippen LogP contribution in [0.5, 0.6) is 0 Å². The highest BCUT2D eigenvalue weighted by Gasteiger charge is 2.31. The summed E-state index contributed by atoms with van der Waals surface area (Å²) < 4.78 is 1.72. The van der Waals surface area contributed by atoms with Crippen LogP contribution in [0.4, 0.5) is 0 Å². The molecule has 0 spiro atoms. The van der Waals surface area contributed by atoms with Crippen LogP contribution in [0.2, 0.25) is 0 Å². The van der Waals surface area contributed by atoms with Crippen LogP contribution in [0.1, 0.15) is 35.2 Å². The standard InChI is InChI=1S/C17H21N5O.ClH/c1-12-8-13(2-5-16(12)22-11-18-10-19-22)17(23)21-7-6-14-3-4-15(9-21)20-14;/h2,5,8,10-11,14-15,20H,3-4,6-7,9H2,1H3;1H. The first-order valence-corrected chi connectivity index (χ1v) is 8.21. The molecule has 2 aromatic rings. The lowest BCUT2D eigenvalue weighted by Crippen LogP contribution is -2.39. The van der Waals surface area contributed by atoms with Gasteiger partial charge in [0.05, 0.1) is 5.69 Å². The van der Waals surface area contributed by atoms with Crippen molar-refractivity contribution in [2.75, 3.05) is 13.1 Å². The molecule has 1 aromatic heterocycles. The number of benzene rings is 1. The number of likely N-dealkylation sites (tertiary alicyclic amines) is 1. The SMILES string of the molecule is Cc1cc(C(=O)N2CCC3CCC(C2)N3)ccc1-n1cncn1.Cl. The van der Waals surface area contributed by atoms with Crippen molar-refractivity contribution < 1.29 is 4.79 Å². The third-order valence-corrected chi connectivity index (χ3v) is 4.92. The van der Waals surface area contributed by atoms with Crippen LogP contribution >= 0.6 is 12.4 Å². The molecule has 2 unspecified atom stereocenters. The molecule has 6 nitrogen and oxygen atoms in total. The molecule has 1 aromatic carbocycles. The Labute approximate surface area is 147 Å². The molecule has 2 atom stereocenters. The predicted octanol–water partition coefficient (Wildman–Crippen LogP) is 1.96. The Bertz CT molecular complexity index is 718. The fourth-order valence-corrected chi connectivity index (χ4v) is 3.69. The Hall–Kier alpha value is -1.92. The first kappa shape index (κ1) is 16.9. The lowest BCUT2D eigenvalue weighted by atomic mass is 10.1. The molecule has 0 aliphatic carbocycles. The number of carbonyl (C=O) groups is 1. The molecule has 0 radical (unpaired) electrons. The molecular weight excluding hydrogens is 326 g/mol. The van der Waals surface area contributed by atoms with E-state index < -0.39 is 0 Å². The summed E-state index contributed by atoms with van der Waals surface area (Å²) in [7, 11) is 0. The number of fused-ring (bicyclic) bond motifs is 2. The number of hydrogen-bond acceptors (Lipinski definition) is 4. The zero-order chi connectivity index (χ0) is 15.8. The van der Waals surface area contributed by atoms with Gasteiger partial charge in [0.15, 0.2) is 0 Å². The average Bonchev–Trinajstić information content (AvgIpc) is 3.16. The molecule has 2 saturated heterocycles. The normalized spacial score (nSPS) is 22.8. The number of carbonyl (C=O) groups excluding carboxylic acids is 1. The van der Waals surface area contributed by atoms with Gasteiger partial charge in [-0.15, -0.1) is 12.4 Å². The first-order chi connectivity index (χ1) is 11.2. The number of rotatable bonds is 2. The zero-order valence-electron chi connectivity index (χ0n) is 13.7. The van der Waals surface area contributed by atoms with Gasteiger partial charge >= 0.3 is 0 Å². The fraction of sp³-hybridized carbons (Fsp3) is 0.471. The maximum Gasteiger partial charge on any atom is 0.253 e. The van der Waals surface area contributed by atoms with Crippen LogP contribution in [0.25, 0.3) is 5.69 Å². The minimum Gasteiger partial charge on any atom is -0.337 e. The van der Waals surface area contributed by atoms with E-state index in [1.54, 1.807) is 11.0 Å². The van der Waals surface area contributed by atoms with Crippen LogP contribution in [-0.4, -0.2) is 50.7 Å². The number of aromatic nitrogens is 3. The van der Waals surface area contributed by atoms with E-state index in [1.165, 1.54) is 19.2 Å². The second-order valence-electron chi connectivity index (χ2n) is 6.52. The van der Waals surface area contributed by atoms with E-state index in [1.807, 2.05) is 30.0 Å². The van der Waals surface area contributed by atoms with Crippen molar-refractivity contribution >= 4 is 18.3 Å². The number of halogens is 1. The topological polar surface area (TPSA) is 63.1 Å². The molecule has 1 amide bonds. The second kappa shape index (κ2) is 6.91. The highest BCUT2D eigenvalue weighted by molar-refractivity contribution is 5.94. The van der Waals surface area contributed by atoms with E-state index in [0.717, 1.165) is 36.3 Å². The highest BCUT2D eigenvalue weighted by Crippen LogP contribution is 2.22. The summed E-state index contributed by atoms with van der Waals surface area (Å²) in [6.07, 6.45) is 6.66. The Balaban J connectivity index is 0.00000169. The lowest BCUT2D eigenvalue weighted by molar-refractivity contribution is 0.0748. The van der Waals surface area contributed by atoms with Gasteiger partial charge in [-0.2, -0.15) is 5.10 Å². The van der Waals surface area contributed by atoms with Crippen molar-refractivity contribution in [3.05, 3.63) is 42.0 Å². The summed E-state index contributed by atoms with van der Waals surface area (Å²) in [4.78, 5) is 18.8. The van der Waals surface area contributed by atoms with Crippen molar-refractivity contribution in [3.8, 4) is 5.69 Å². The smallest absolute Gasteiger partial charge is 0.253 e. The number of aryl methyl sites for hydroxylation is 1. The van der Waals surface area contributed by atoms with Gasteiger partial charge in [-0.3, -0.25) is 4.79 Å². The summed E-state index contributed by atoms with van der Waals surface area (Å²) in [6.45, 7) is 3.66. The van der Waals surface area contributed by atoms with E-state index in [9.17, 15) is 4.79 Å². The van der Waals surface area contributed by atoms with Crippen molar-refractivity contribution in [2.24, 2.45) is 0 Å². The van der Waals surface area contributed by atoms with Gasteiger partial charge in [-0.1, -0.05) is 0 Å². The van der Waals surface area contributed by atoms with E-state index in [2.05, 4.69) is 15.4 Å². The molecule has 3 heterocycles. The molecular formula is C17H22ClN5O. The monoisotopic (exact) mass is 347 g/mol. The second-order valence-corrected chi connectivity index (χ2v) is 6.52. The number of nitrogens with one attached hydrogen (secondary N) is 1. The Morgan fingerprint density at radius 2 is 2.08 bits per heavy atom. The van der Waals surface area contributed by atoms with Gasteiger partial charge in [0.1, 0.15) is 12.7 Å². The minimum atomic E-state index is 0. The van der Waals surface area contributed by atoms with Gasteiger partial charge in [0, 0.05) is 30.7 Å². The average molecular weight is 348 g/mol. The van der Waals surface area contributed by atoms with E-state index in [4.69, 9.17) is 0 Å². The number of amides is 1. The van der Waals surface area contributed by atoms with Gasteiger partial charge in [-0.25, -0.2) is 9.67 Å². The molecule has 0 saturated carbocycles. The summed E-state index contributed by atoms with van der Waals surface area (Å²) >= 11 is 0. The zero-order valence-corrected chi connectivity index (χ0v) is 14.5. The largest absolute Gasteiger partial charge is 0.337 e. The third-order valence-electron chi connectivity index (χ3n) is 4.92. The Morgan fingerprint density at radius 1 is 1.25 bits per heavy atom.